The molecule has 1 N–H and O–H groups in total. The molecule has 94 valence electrons. The lowest BCUT2D eigenvalue weighted by Crippen LogP contribution is -2.14. The molecule has 17 heavy (non-hydrogen) atoms. The molecule has 2 heteroatoms. The number of aryl methyl sites for hydroxylation is 2. The normalized spacial score (nSPS) is 13.7. The summed E-state index contributed by atoms with van der Waals surface area (Å²) in [4.78, 5) is 0. The summed E-state index contributed by atoms with van der Waals surface area (Å²) in [5.41, 5.74) is 3.01. The van der Waals surface area contributed by atoms with E-state index in [2.05, 4.69) is 30.4 Å². The summed E-state index contributed by atoms with van der Waals surface area (Å²) >= 11 is 0. The Hall–Kier alpha value is -1.02. The Kier molecular flexibility index (Phi) is 4.87. The quantitative estimate of drug-likeness (QED) is 0.731. The molecular formula is C15H23NO. The van der Waals surface area contributed by atoms with Gasteiger partial charge >= 0.3 is 0 Å². The fourth-order valence-corrected chi connectivity index (χ4v) is 2.36. The monoisotopic (exact) mass is 233 g/mol. The predicted molar refractivity (Wildman–Crippen MR) is 71.7 cm³/mol. The third kappa shape index (κ3) is 3.74. The highest BCUT2D eigenvalue weighted by Crippen LogP contribution is 2.25. The van der Waals surface area contributed by atoms with Crippen LogP contribution in [0.3, 0.4) is 0 Å². The van der Waals surface area contributed by atoms with Crippen LogP contribution in [0.1, 0.15) is 37.3 Å². The van der Waals surface area contributed by atoms with Crippen LogP contribution in [-0.4, -0.2) is 19.7 Å². The summed E-state index contributed by atoms with van der Waals surface area (Å²) in [6.07, 6.45) is 6.11. The molecule has 0 unspecified atom stereocenters. The second kappa shape index (κ2) is 6.65. The first kappa shape index (κ1) is 12.4. The highest BCUT2D eigenvalue weighted by atomic mass is 16.5. The maximum atomic E-state index is 5.78. The smallest absolute Gasteiger partial charge is 0.119 e. The van der Waals surface area contributed by atoms with Crippen LogP contribution in [0.25, 0.3) is 0 Å². The van der Waals surface area contributed by atoms with Gasteiger partial charge in [0, 0.05) is 0 Å². The van der Waals surface area contributed by atoms with E-state index in [1.54, 1.807) is 0 Å². The number of ether oxygens (including phenoxy) is 1. The van der Waals surface area contributed by atoms with Crippen LogP contribution >= 0.6 is 0 Å². The Balaban J connectivity index is 1.69. The molecule has 0 amide bonds. The number of benzene rings is 1. The van der Waals surface area contributed by atoms with E-state index in [1.165, 1.54) is 36.8 Å². The molecule has 1 aliphatic rings. The van der Waals surface area contributed by atoms with Crippen molar-refractivity contribution in [3.05, 3.63) is 29.3 Å². The van der Waals surface area contributed by atoms with Gasteiger partial charge in [-0.05, 0) is 68.5 Å². The van der Waals surface area contributed by atoms with Crippen molar-refractivity contribution in [1.82, 2.24) is 5.32 Å². The van der Waals surface area contributed by atoms with Crippen LogP contribution in [0.5, 0.6) is 5.75 Å². The SMILES string of the molecule is CCNCCCCOc1ccc2c(c1)CCC2. The van der Waals surface area contributed by atoms with Gasteiger partial charge in [0.25, 0.3) is 0 Å². The Labute approximate surface area is 104 Å². The summed E-state index contributed by atoms with van der Waals surface area (Å²) in [5, 5.41) is 3.33. The minimum atomic E-state index is 0.837. The van der Waals surface area contributed by atoms with Crippen LogP contribution in [0.2, 0.25) is 0 Å². The van der Waals surface area contributed by atoms with E-state index in [9.17, 15) is 0 Å². The number of hydrogen-bond acceptors (Lipinski definition) is 2. The van der Waals surface area contributed by atoms with E-state index < -0.39 is 0 Å². The molecule has 0 radical (unpaired) electrons. The number of fused-ring (bicyclic) bond motifs is 1. The van der Waals surface area contributed by atoms with Gasteiger partial charge in [0.15, 0.2) is 0 Å². The first-order chi connectivity index (χ1) is 8.40. The van der Waals surface area contributed by atoms with Crippen LogP contribution in [0.4, 0.5) is 0 Å². The second-order valence-electron chi connectivity index (χ2n) is 4.69. The van der Waals surface area contributed by atoms with Gasteiger partial charge in [-0.25, -0.2) is 0 Å². The number of unbranched alkanes of at least 4 members (excludes halogenated alkanes) is 1. The highest BCUT2D eigenvalue weighted by Gasteiger charge is 2.10. The van der Waals surface area contributed by atoms with E-state index in [-0.39, 0.29) is 0 Å². The van der Waals surface area contributed by atoms with Crippen molar-refractivity contribution in [2.75, 3.05) is 19.7 Å². The summed E-state index contributed by atoms with van der Waals surface area (Å²) in [6.45, 7) is 5.14. The van der Waals surface area contributed by atoms with Crippen molar-refractivity contribution in [1.29, 1.82) is 0 Å². The van der Waals surface area contributed by atoms with Crippen LogP contribution in [-0.2, 0) is 12.8 Å². The minimum absolute atomic E-state index is 0.837. The number of hydrogen-bond donors (Lipinski definition) is 1. The van der Waals surface area contributed by atoms with Gasteiger partial charge < -0.3 is 10.1 Å². The lowest BCUT2D eigenvalue weighted by Gasteiger charge is -2.08. The van der Waals surface area contributed by atoms with Crippen molar-refractivity contribution in [3.8, 4) is 5.75 Å². The molecule has 0 heterocycles. The van der Waals surface area contributed by atoms with Gasteiger partial charge in [-0.2, -0.15) is 0 Å². The molecule has 0 saturated carbocycles. The predicted octanol–water partition coefficient (Wildman–Crippen LogP) is 2.94. The van der Waals surface area contributed by atoms with Crippen molar-refractivity contribution < 1.29 is 4.74 Å². The van der Waals surface area contributed by atoms with Crippen molar-refractivity contribution in [3.63, 3.8) is 0 Å². The Morgan fingerprint density at radius 2 is 2.06 bits per heavy atom. The van der Waals surface area contributed by atoms with Gasteiger partial charge in [0.1, 0.15) is 5.75 Å². The van der Waals surface area contributed by atoms with E-state index >= 15 is 0 Å². The first-order valence-corrected chi connectivity index (χ1v) is 6.85. The molecule has 2 nitrogen and oxygen atoms in total. The largest absolute Gasteiger partial charge is 0.494 e. The minimum Gasteiger partial charge on any atom is -0.494 e. The average Bonchev–Trinajstić information content (AvgIpc) is 2.81. The standard InChI is InChI=1S/C15H23NO/c1-2-16-10-3-4-11-17-15-9-8-13-6-5-7-14(13)12-15/h8-9,12,16H,2-7,10-11H2,1H3. The van der Waals surface area contributed by atoms with Gasteiger partial charge in [0.2, 0.25) is 0 Å². The molecule has 0 spiro atoms. The summed E-state index contributed by atoms with van der Waals surface area (Å²) < 4.78 is 5.78. The fraction of sp³-hybridized carbons (Fsp3) is 0.600. The third-order valence-corrected chi connectivity index (χ3v) is 3.34. The first-order valence-electron chi connectivity index (χ1n) is 6.85. The highest BCUT2D eigenvalue weighted by molar-refractivity contribution is 5.38. The zero-order valence-electron chi connectivity index (χ0n) is 10.8. The van der Waals surface area contributed by atoms with E-state index in [0.717, 1.165) is 31.9 Å². The number of nitrogens with one attached hydrogen (secondary N) is 1. The van der Waals surface area contributed by atoms with Crippen LogP contribution in [0.15, 0.2) is 18.2 Å². The summed E-state index contributed by atoms with van der Waals surface area (Å²) in [5.74, 6) is 1.05. The second-order valence-corrected chi connectivity index (χ2v) is 4.69. The van der Waals surface area contributed by atoms with Crippen LogP contribution < -0.4 is 10.1 Å². The van der Waals surface area contributed by atoms with Crippen molar-refractivity contribution in [2.24, 2.45) is 0 Å². The molecule has 0 atom stereocenters. The van der Waals surface area contributed by atoms with E-state index in [0.29, 0.717) is 0 Å². The fourth-order valence-electron chi connectivity index (χ4n) is 2.36. The maximum absolute atomic E-state index is 5.78. The molecule has 0 aliphatic heterocycles. The molecule has 1 aliphatic carbocycles. The van der Waals surface area contributed by atoms with Gasteiger partial charge in [-0.15, -0.1) is 0 Å². The molecule has 1 aromatic rings. The summed E-state index contributed by atoms with van der Waals surface area (Å²) in [6, 6.07) is 6.58. The third-order valence-electron chi connectivity index (χ3n) is 3.34. The Morgan fingerprint density at radius 3 is 2.94 bits per heavy atom. The molecule has 1 aromatic carbocycles. The lowest BCUT2D eigenvalue weighted by molar-refractivity contribution is 0.306. The zero-order valence-corrected chi connectivity index (χ0v) is 10.8. The van der Waals surface area contributed by atoms with Gasteiger partial charge in [-0.3, -0.25) is 0 Å². The van der Waals surface area contributed by atoms with E-state index in [1.807, 2.05) is 0 Å². The molecule has 0 saturated heterocycles. The molecule has 0 aromatic heterocycles. The Morgan fingerprint density at radius 1 is 1.18 bits per heavy atom. The van der Waals surface area contributed by atoms with Crippen molar-refractivity contribution in [2.45, 2.75) is 39.0 Å². The topological polar surface area (TPSA) is 21.3 Å². The zero-order chi connectivity index (χ0) is 11.9. The molecular weight excluding hydrogens is 210 g/mol. The summed E-state index contributed by atoms with van der Waals surface area (Å²) in [7, 11) is 0. The van der Waals surface area contributed by atoms with Gasteiger partial charge in [0.05, 0.1) is 6.61 Å². The van der Waals surface area contributed by atoms with E-state index in [4.69, 9.17) is 4.74 Å². The molecule has 0 bridgehead atoms. The Bertz CT molecular complexity index is 349. The lowest BCUT2D eigenvalue weighted by atomic mass is 10.1. The van der Waals surface area contributed by atoms with Crippen LogP contribution in [0, 0.1) is 0 Å². The number of rotatable bonds is 7. The molecule has 0 fully saturated rings. The van der Waals surface area contributed by atoms with Gasteiger partial charge in [-0.1, -0.05) is 13.0 Å². The average molecular weight is 233 g/mol. The molecule has 2 rings (SSSR count). The van der Waals surface area contributed by atoms with Crippen molar-refractivity contribution >= 4 is 0 Å². The maximum Gasteiger partial charge on any atom is 0.119 e.